The van der Waals surface area contributed by atoms with E-state index in [-0.39, 0.29) is 0 Å². The Labute approximate surface area is 111 Å². The van der Waals surface area contributed by atoms with Crippen LogP contribution in [-0.2, 0) is 13.5 Å². The lowest BCUT2D eigenvalue weighted by molar-refractivity contribution is 0.167. The van der Waals surface area contributed by atoms with Gasteiger partial charge in [-0.3, -0.25) is 0 Å². The molecule has 1 aromatic rings. The minimum atomic E-state index is 0.528. The van der Waals surface area contributed by atoms with Gasteiger partial charge in [0.15, 0.2) is 0 Å². The van der Waals surface area contributed by atoms with E-state index >= 15 is 0 Å². The minimum absolute atomic E-state index is 0.528. The summed E-state index contributed by atoms with van der Waals surface area (Å²) in [6.07, 6.45) is 13.4. The van der Waals surface area contributed by atoms with Gasteiger partial charge in [-0.15, -0.1) is 0 Å². The van der Waals surface area contributed by atoms with E-state index in [0.717, 1.165) is 13.0 Å². The Morgan fingerprint density at radius 1 is 1.33 bits per heavy atom. The van der Waals surface area contributed by atoms with Crippen molar-refractivity contribution in [2.24, 2.45) is 12.5 Å². The molecule has 3 heteroatoms. The number of imidazole rings is 1. The van der Waals surface area contributed by atoms with Crippen LogP contribution in [0.1, 0.15) is 51.3 Å². The third-order valence-electron chi connectivity index (χ3n) is 4.46. The zero-order valence-corrected chi connectivity index (χ0v) is 11.9. The second-order valence-electron chi connectivity index (χ2n) is 5.80. The van der Waals surface area contributed by atoms with E-state index in [9.17, 15) is 0 Å². The monoisotopic (exact) mass is 249 g/mol. The fraction of sp³-hybridized carbons (Fsp3) is 0.800. The topological polar surface area (TPSA) is 29.9 Å². The van der Waals surface area contributed by atoms with E-state index in [0.29, 0.717) is 5.41 Å². The number of rotatable bonds is 6. The predicted octanol–water partition coefficient (Wildman–Crippen LogP) is 2.91. The molecule has 0 radical (unpaired) electrons. The Morgan fingerprint density at radius 3 is 2.72 bits per heavy atom. The molecule has 0 amide bonds. The second-order valence-corrected chi connectivity index (χ2v) is 5.80. The van der Waals surface area contributed by atoms with E-state index in [4.69, 9.17) is 0 Å². The molecule has 0 aromatic carbocycles. The van der Waals surface area contributed by atoms with E-state index in [1.54, 1.807) is 0 Å². The molecule has 3 nitrogen and oxygen atoms in total. The SMILES string of the molecule is CCNCC1(CCc2nccn2C)CCCCC1. The molecule has 2 rings (SSSR count). The molecule has 0 aliphatic heterocycles. The zero-order chi connectivity index (χ0) is 12.8. The van der Waals surface area contributed by atoms with Crippen molar-refractivity contribution in [1.29, 1.82) is 0 Å². The van der Waals surface area contributed by atoms with Crippen LogP contribution in [0.4, 0.5) is 0 Å². The summed E-state index contributed by atoms with van der Waals surface area (Å²) >= 11 is 0. The summed E-state index contributed by atoms with van der Waals surface area (Å²) < 4.78 is 2.16. The van der Waals surface area contributed by atoms with Crippen LogP contribution in [0.5, 0.6) is 0 Å². The molecular formula is C15H27N3. The molecule has 1 aliphatic carbocycles. The molecule has 18 heavy (non-hydrogen) atoms. The third-order valence-corrected chi connectivity index (χ3v) is 4.46. The van der Waals surface area contributed by atoms with Crippen LogP contribution in [0.25, 0.3) is 0 Å². The highest BCUT2D eigenvalue weighted by Crippen LogP contribution is 2.39. The van der Waals surface area contributed by atoms with Gasteiger partial charge in [0.1, 0.15) is 5.82 Å². The molecule has 1 fully saturated rings. The Bertz CT molecular complexity index is 350. The molecule has 1 aliphatic rings. The maximum atomic E-state index is 4.45. The normalized spacial score (nSPS) is 19.0. The van der Waals surface area contributed by atoms with Gasteiger partial charge in [-0.2, -0.15) is 0 Å². The molecule has 1 saturated carbocycles. The van der Waals surface area contributed by atoms with Crippen LogP contribution in [-0.4, -0.2) is 22.6 Å². The number of hydrogen-bond donors (Lipinski definition) is 1. The summed E-state index contributed by atoms with van der Waals surface area (Å²) in [6.45, 7) is 4.48. The number of nitrogens with one attached hydrogen (secondary N) is 1. The largest absolute Gasteiger partial charge is 0.338 e. The van der Waals surface area contributed by atoms with Crippen LogP contribution in [0.3, 0.4) is 0 Å². The second kappa shape index (κ2) is 6.37. The highest BCUT2D eigenvalue weighted by atomic mass is 15.0. The van der Waals surface area contributed by atoms with Crippen molar-refractivity contribution in [3.8, 4) is 0 Å². The summed E-state index contributed by atoms with van der Waals surface area (Å²) in [6, 6.07) is 0. The number of aryl methyl sites for hydroxylation is 2. The van der Waals surface area contributed by atoms with Gasteiger partial charge >= 0.3 is 0 Å². The van der Waals surface area contributed by atoms with Crippen molar-refractivity contribution in [1.82, 2.24) is 14.9 Å². The van der Waals surface area contributed by atoms with E-state index in [2.05, 4.69) is 28.8 Å². The van der Waals surface area contributed by atoms with Crippen LogP contribution >= 0.6 is 0 Å². The Hall–Kier alpha value is -0.830. The molecule has 1 N–H and O–H groups in total. The molecule has 0 unspecified atom stereocenters. The summed E-state index contributed by atoms with van der Waals surface area (Å²) in [5, 5.41) is 3.58. The highest BCUT2D eigenvalue weighted by Gasteiger charge is 2.31. The lowest BCUT2D eigenvalue weighted by Gasteiger charge is -2.37. The summed E-state index contributed by atoms with van der Waals surface area (Å²) in [5.74, 6) is 1.23. The average Bonchev–Trinajstić information content (AvgIpc) is 2.81. The van der Waals surface area contributed by atoms with Gasteiger partial charge in [0.25, 0.3) is 0 Å². The lowest BCUT2D eigenvalue weighted by Crippen LogP contribution is -2.36. The fourth-order valence-corrected chi connectivity index (χ4v) is 3.22. The third kappa shape index (κ3) is 3.35. The van der Waals surface area contributed by atoms with Gasteiger partial charge in [0, 0.05) is 32.4 Å². The maximum absolute atomic E-state index is 4.45. The molecule has 0 atom stereocenters. The Balaban J connectivity index is 1.94. The average molecular weight is 249 g/mol. The first kappa shape index (κ1) is 13.6. The molecule has 0 spiro atoms. The van der Waals surface area contributed by atoms with Gasteiger partial charge in [-0.1, -0.05) is 26.2 Å². The first-order valence-electron chi connectivity index (χ1n) is 7.43. The van der Waals surface area contributed by atoms with Crippen LogP contribution < -0.4 is 5.32 Å². The van der Waals surface area contributed by atoms with Crippen LogP contribution in [0, 0.1) is 5.41 Å². The molecule has 0 bridgehead atoms. The van der Waals surface area contributed by atoms with Crippen LogP contribution in [0.2, 0.25) is 0 Å². The molecule has 1 heterocycles. The van der Waals surface area contributed by atoms with Crippen molar-refractivity contribution < 1.29 is 0 Å². The van der Waals surface area contributed by atoms with Gasteiger partial charge in [0.05, 0.1) is 0 Å². The molecule has 0 saturated heterocycles. The first-order chi connectivity index (χ1) is 8.76. The smallest absolute Gasteiger partial charge is 0.108 e. The molecule has 102 valence electrons. The summed E-state index contributed by atoms with van der Waals surface area (Å²) in [5.41, 5.74) is 0.528. The van der Waals surface area contributed by atoms with Crippen molar-refractivity contribution in [2.45, 2.75) is 51.9 Å². The first-order valence-corrected chi connectivity index (χ1v) is 7.43. The zero-order valence-electron chi connectivity index (χ0n) is 11.9. The predicted molar refractivity (Wildman–Crippen MR) is 75.6 cm³/mol. The van der Waals surface area contributed by atoms with Crippen molar-refractivity contribution >= 4 is 0 Å². The van der Waals surface area contributed by atoms with E-state index in [1.165, 1.54) is 50.9 Å². The van der Waals surface area contributed by atoms with Gasteiger partial charge in [0.2, 0.25) is 0 Å². The number of nitrogens with zero attached hydrogens (tertiary/aromatic N) is 2. The number of aromatic nitrogens is 2. The van der Waals surface area contributed by atoms with Crippen molar-refractivity contribution in [2.75, 3.05) is 13.1 Å². The maximum Gasteiger partial charge on any atom is 0.108 e. The molecule has 1 aromatic heterocycles. The molecular weight excluding hydrogens is 222 g/mol. The van der Waals surface area contributed by atoms with E-state index in [1.807, 2.05) is 12.4 Å². The minimum Gasteiger partial charge on any atom is -0.338 e. The Morgan fingerprint density at radius 2 is 2.11 bits per heavy atom. The van der Waals surface area contributed by atoms with Gasteiger partial charge < -0.3 is 9.88 Å². The van der Waals surface area contributed by atoms with Crippen molar-refractivity contribution in [3.05, 3.63) is 18.2 Å². The number of hydrogen-bond acceptors (Lipinski definition) is 2. The lowest BCUT2D eigenvalue weighted by atomic mass is 9.71. The van der Waals surface area contributed by atoms with E-state index < -0.39 is 0 Å². The van der Waals surface area contributed by atoms with Gasteiger partial charge in [-0.25, -0.2) is 4.98 Å². The standard InChI is InChI=1S/C15H27N3/c1-3-16-13-15(8-5-4-6-9-15)10-7-14-17-11-12-18(14)2/h11-12,16H,3-10,13H2,1-2H3. The fourth-order valence-electron chi connectivity index (χ4n) is 3.22. The summed E-state index contributed by atoms with van der Waals surface area (Å²) in [7, 11) is 2.10. The van der Waals surface area contributed by atoms with Gasteiger partial charge in [-0.05, 0) is 31.2 Å². The quantitative estimate of drug-likeness (QED) is 0.840. The van der Waals surface area contributed by atoms with Crippen LogP contribution in [0.15, 0.2) is 12.4 Å². The highest BCUT2D eigenvalue weighted by molar-refractivity contribution is 4.94. The van der Waals surface area contributed by atoms with Crippen molar-refractivity contribution in [3.63, 3.8) is 0 Å². The summed E-state index contributed by atoms with van der Waals surface area (Å²) in [4.78, 5) is 4.45. The Kier molecular flexibility index (Phi) is 4.81.